The number of guanidine groups is 1. The summed E-state index contributed by atoms with van der Waals surface area (Å²) in [6.07, 6.45) is 4.97. The lowest BCUT2D eigenvalue weighted by atomic mass is 9.73. The highest BCUT2D eigenvalue weighted by Gasteiger charge is 2.48. The fourth-order valence-electron chi connectivity index (χ4n) is 3.56. The summed E-state index contributed by atoms with van der Waals surface area (Å²) in [6.45, 7) is 3.14. The number of hydrogen-bond donors (Lipinski definition) is 1. The first kappa shape index (κ1) is 12.8. The first-order valence-electron chi connectivity index (χ1n) is 6.99. The fourth-order valence-corrected chi connectivity index (χ4v) is 3.74. The van der Waals surface area contributed by atoms with Crippen LogP contribution in [0.1, 0.15) is 32.6 Å². The molecule has 1 aliphatic heterocycles. The third kappa shape index (κ3) is 2.00. The van der Waals surface area contributed by atoms with Crippen molar-refractivity contribution in [2.45, 2.75) is 38.1 Å². The quantitative estimate of drug-likeness (QED) is 0.854. The van der Waals surface area contributed by atoms with Crippen LogP contribution in [0, 0.1) is 5.92 Å². The van der Waals surface area contributed by atoms with Gasteiger partial charge >= 0.3 is 0 Å². The molecule has 1 aromatic rings. The van der Waals surface area contributed by atoms with E-state index in [4.69, 9.17) is 17.3 Å². The number of nitrogens with two attached hydrogens (primary N) is 1. The molecule has 4 heteroatoms. The van der Waals surface area contributed by atoms with Crippen molar-refractivity contribution in [2.24, 2.45) is 16.6 Å². The summed E-state index contributed by atoms with van der Waals surface area (Å²) in [7, 11) is 0. The van der Waals surface area contributed by atoms with Gasteiger partial charge in [-0.25, -0.2) is 0 Å². The number of anilines is 1. The van der Waals surface area contributed by atoms with Gasteiger partial charge in [0, 0.05) is 10.7 Å². The van der Waals surface area contributed by atoms with Crippen molar-refractivity contribution in [1.29, 1.82) is 0 Å². The molecule has 1 spiro atoms. The van der Waals surface area contributed by atoms with Crippen molar-refractivity contribution >= 4 is 23.2 Å². The molecule has 1 aliphatic carbocycles. The Balaban J connectivity index is 2.03. The van der Waals surface area contributed by atoms with Crippen LogP contribution >= 0.6 is 11.6 Å². The summed E-state index contributed by atoms with van der Waals surface area (Å²) in [6, 6.07) is 7.93. The molecule has 19 heavy (non-hydrogen) atoms. The molecule has 2 N–H and O–H groups in total. The Morgan fingerprint density at radius 3 is 3.00 bits per heavy atom. The smallest absolute Gasteiger partial charge is 0.196 e. The number of rotatable bonds is 1. The molecule has 0 bridgehead atoms. The van der Waals surface area contributed by atoms with E-state index in [1.165, 1.54) is 19.3 Å². The van der Waals surface area contributed by atoms with Crippen LogP contribution in [0.5, 0.6) is 0 Å². The molecular weight excluding hydrogens is 258 g/mol. The van der Waals surface area contributed by atoms with E-state index in [9.17, 15) is 0 Å². The minimum Gasteiger partial charge on any atom is -0.369 e. The molecule has 1 saturated carbocycles. The van der Waals surface area contributed by atoms with E-state index in [0.29, 0.717) is 11.9 Å². The topological polar surface area (TPSA) is 41.6 Å². The maximum absolute atomic E-state index is 6.16. The SMILES string of the molecule is CC1CCCCC12CN=C(N)N2c1cccc(Cl)c1. The van der Waals surface area contributed by atoms with Gasteiger partial charge < -0.3 is 10.6 Å². The molecular formula is C15H20ClN3. The summed E-state index contributed by atoms with van der Waals surface area (Å²) in [5, 5.41) is 0.746. The second kappa shape index (κ2) is 4.71. The Hall–Kier alpha value is -1.22. The van der Waals surface area contributed by atoms with E-state index < -0.39 is 0 Å². The summed E-state index contributed by atoms with van der Waals surface area (Å²) in [4.78, 5) is 6.75. The first-order chi connectivity index (χ1) is 9.13. The Kier molecular flexibility index (Phi) is 3.17. The fraction of sp³-hybridized carbons (Fsp3) is 0.533. The molecule has 2 aliphatic rings. The lowest BCUT2D eigenvalue weighted by Crippen LogP contribution is -2.57. The van der Waals surface area contributed by atoms with Crippen molar-refractivity contribution in [3.8, 4) is 0 Å². The van der Waals surface area contributed by atoms with Gasteiger partial charge in [-0.3, -0.25) is 4.99 Å². The molecule has 3 nitrogen and oxygen atoms in total. The lowest BCUT2D eigenvalue weighted by Gasteiger charge is -2.46. The Labute approximate surface area is 119 Å². The number of aliphatic imine (C=N–C) groups is 1. The van der Waals surface area contributed by atoms with E-state index in [1.54, 1.807) is 0 Å². The molecule has 0 radical (unpaired) electrons. The zero-order valence-corrected chi connectivity index (χ0v) is 12.0. The van der Waals surface area contributed by atoms with Crippen LogP contribution < -0.4 is 10.6 Å². The second-order valence-electron chi connectivity index (χ2n) is 5.74. The Morgan fingerprint density at radius 1 is 1.42 bits per heavy atom. The van der Waals surface area contributed by atoms with Gasteiger partial charge in [-0.2, -0.15) is 0 Å². The van der Waals surface area contributed by atoms with Crippen molar-refractivity contribution in [3.05, 3.63) is 29.3 Å². The average Bonchev–Trinajstić information content (AvgIpc) is 2.71. The summed E-state index contributed by atoms with van der Waals surface area (Å²) in [5.41, 5.74) is 7.29. The number of hydrogen-bond acceptors (Lipinski definition) is 3. The highest BCUT2D eigenvalue weighted by molar-refractivity contribution is 6.31. The maximum Gasteiger partial charge on any atom is 0.196 e. The van der Waals surface area contributed by atoms with Crippen LogP contribution in [-0.4, -0.2) is 18.0 Å². The van der Waals surface area contributed by atoms with E-state index in [1.807, 2.05) is 18.2 Å². The van der Waals surface area contributed by atoms with Gasteiger partial charge in [0.25, 0.3) is 0 Å². The van der Waals surface area contributed by atoms with Crippen LogP contribution in [0.25, 0.3) is 0 Å². The van der Waals surface area contributed by atoms with Gasteiger partial charge in [-0.05, 0) is 37.0 Å². The molecule has 1 heterocycles. The third-order valence-electron chi connectivity index (χ3n) is 4.67. The molecule has 2 atom stereocenters. The van der Waals surface area contributed by atoms with Gasteiger partial charge in [0.1, 0.15) is 0 Å². The van der Waals surface area contributed by atoms with Crippen LogP contribution in [-0.2, 0) is 0 Å². The monoisotopic (exact) mass is 277 g/mol. The number of nitrogens with zero attached hydrogens (tertiary/aromatic N) is 2. The van der Waals surface area contributed by atoms with Crippen molar-refractivity contribution in [1.82, 2.24) is 0 Å². The molecule has 1 aromatic carbocycles. The van der Waals surface area contributed by atoms with Crippen molar-refractivity contribution < 1.29 is 0 Å². The minimum absolute atomic E-state index is 0.0625. The highest BCUT2D eigenvalue weighted by Crippen LogP contribution is 2.43. The molecule has 0 saturated heterocycles. The van der Waals surface area contributed by atoms with Gasteiger partial charge in [-0.15, -0.1) is 0 Å². The van der Waals surface area contributed by atoms with Gasteiger partial charge in [0.2, 0.25) is 0 Å². The molecule has 2 unspecified atom stereocenters. The van der Waals surface area contributed by atoms with E-state index in [-0.39, 0.29) is 5.54 Å². The van der Waals surface area contributed by atoms with E-state index >= 15 is 0 Å². The zero-order valence-electron chi connectivity index (χ0n) is 11.3. The molecule has 1 fully saturated rings. The molecule has 102 valence electrons. The van der Waals surface area contributed by atoms with Gasteiger partial charge in [0.15, 0.2) is 5.96 Å². The van der Waals surface area contributed by atoms with Crippen LogP contribution in [0.4, 0.5) is 5.69 Å². The predicted molar refractivity (Wildman–Crippen MR) is 80.8 cm³/mol. The van der Waals surface area contributed by atoms with Crippen LogP contribution in [0.2, 0.25) is 5.02 Å². The minimum atomic E-state index is 0.0625. The maximum atomic E-state index is 6.16. The van der Waals surface area contributed by atoms with Crippen molar-refractivity contribution in [2.75, 3.05) is 11.4 Å². The Bertz CT molecular complexity index is 514. The summed E-state index contributed by atoms with van der Waals surface area (Å²) in [5.74, 6) is 1.24. The van der Waals surface area contributed by atoms with E-state index in [0.717, 1.165) is 23.7 Å². The number of benzene rings is 1. The van der Waals surface area contributed by atoms with Crippen LogP contribution in [0.3, 0.4) is 0 Å². The summed E-state index contributed by atoms with van der Waals surface area (Å²) >= 11 is 6.13. The Morgan fingerprint density at radius 2 is 2.26 bits per heavy atom. The highest BCUT2D eigenvalue weighted by atomic mass is 35.5. The standard InChI is InChI=1S/C15H20ClN3/c1-11-5-2-3-8-15(11)10-18-14(17)19(15)13-7-4-6-12(16)9-13/h4,6-7,9,11H,2-3,5,8,10H2,1H3,(H2,17,18). The summed E-state index contributed by atoms with van der Waals surface area (Å²) < 4.78 is 0. The molecule has 0 amide bonds. The van der Waals surface area contributed by atoms with Gasteiger partial charge in [-0.1, -0.05) is 37.4 Å². The average molecular weight is 278 g/mol. The number of halogens is 1. The molecule has 3 rings (SSSR count). The zero-order chi connectivity index (χ0) is 13.5. The normalized spacial score (nSPS) is 30.7. The second-order valence-corrected chi connectivity index (χ2v) is 6.18. The molecule has 0 aromatic heterocycles. The lowest BCUT2D eigenvalue weighted by molar-refractivity contribution is 0.224. The van der Waals surface area contributed by atoms with Gasteiger partial charge in [0.05, 0.1) is 12.1 Å². The largest absolute Gasteiger partial charge is 0.369 e. The third-order valence-corrected chi connectivity index (χ3v) is 4.90. The van der Waals surface area contributed by atoms with E-state index in [2.05, 4.69) is 22.9 Å². The predicted octanol–water partition coefficient (Wildman–Crippen LogP) is 3.42. The first-order valence-corrected chi connectivity index (χ1v) is 7.37. The van der Waals surface area contributed by atoms with Crippen molar-refractivity contribution in [3.63, 3.8) is 0 Å². The van der Waals surface area contributed by atoms with Crippen LogP contribution in [0.15, 0.2) is 29.3 Å².